The summed E-state index contributed by atoms with van der Waals surface area (Å²) >= 11 is 0. The van der Waals surface area contributed by atoms with E-state index in [1.54, 1.807) is 0 Å². The number of anilines is 1. The predicted octanol–water partition coefficient (Wildman–Crippen LogP) is 4.91. The van der Waals surface area contributed by atoms with Crippen LogP contribution in [0, 0.1) is 6.92 Å². The van der Waals surface area contributed by atoms with Crippen LogP contribution in [-0.4, -0.2) is 20.4 Å². The van der Waals surface area contributed by atoms with Crippen LogP contribution in [0.4, 0.5) is 5.82 Å². The molecule has 2 aromatic heterocycles. The molecular formula is C25H27N5O. The topological polar surface area (TPSA) is 85.8 Å². The standard InChI is InChI=1S/C25H27N5O/c1-16-11-13-17(14-12-16)15-27-25(31)21-22-24(29-20-10-6-5-9-19(20)28-22)30(23(21)26)18-7-3-2-4-8-18/h5-6,9-14,18H,2-4,7-8,15,26H2,1H3,(H,27,31). The SMILES string of the molecule is Cc1ccc(CNC(=O)c2c(N)n(C3CCCCC3)c3nc4ccccc4nc23)cc1. The zero-order valence-corrected chi connectivity index (χ0v) is 17.8. The third kappa shape index (κ3) is 3.63. The van der Waals surface area contributed by atoms with Gasteiger partial charge in [-0.1, -0.05) is 61.2 Å². The number of carbonyl (C=O) groups excluding carboxylic acids is 1. The molecule has 3 N–H and O–H groups in total. The van der Waals surface area contributed by atoms with Crippen LogP contribution >= 0.6 is 0 Å². The van der Waals surface area contributed by atoms with Gasteiger partial charge in [0, 0.05) is 12.6 Å². The van der Waals surface area contributed by atoms with Crippen LogP contribution in [0.5, 0.6) is 0 Å². The molecule has 2 heterocycles. The first-order chi connectivity index (χ1) is 15.1. The Balaban J connectivity index is 1.58. The highest BCUT2D eigenvalue weighted by molar-refractivity contribution is 6.10. The molecule has 0 atom stereocenters. The number of hydrogen-bond acceptors (Lipinski definition) is 4. The molecule has 0 spiro atoms. The fourth-order valence-corrected chi connectivity index (χ4v) is 4.59. The Bertz CT molecular complexity index is 1250. The van der Waals surface area contributed by atoms with E-state index in [9.17, 15) is 4.79 Å². The van der Waals surface area contributed by atoms with Gasteiger partial charge in [0.05, 0.1) is 11.0 Å². The molecule has 0 bridgehead atoms. The average Bonchev–Trinajstić information content (AvgIpc) is 3.08. The number of amides is 1. The van der Waals surface area contributed by atoms with Gasteiger partial charge in [-0.2, -0.15) is 0 Å². The number of para-hydroxylation sites is 2. The lowest BCUT2D eigenvalue weighted by Gasteiger charge is -2.25. The summed E-state index contributed by atoms with van der Waals surface area (Å²) in [5.41, 5.74) is 12.2. The molecule has 158 valence electrons. The summed E-state index contributed by atoms with van der Waals surface area (Å²) in [7, 11) is 0. The van der Waals surface area contributed by atoms with E-state index >= 15 is 0 Å². The zero-order chi connectivity index (χ0) is 21.4. The third-order valence-electron chi connectivity index (χ3n) is 6.27. The molecule has 2 aromatic carbocycles. The molecule has 1 amide bonds. The number of nitrogens with one attached hydrogen (secondary N) is 1. The van der Waals surface area contributed by atoms with Crippen LogP contribution in [-0.2, 0) is 6.54 Å². The van der Waals surface area contributed by atoms with Gasteiger partial charge in [0.25, 0.3) is 5.91 Å². The maximum absolute atomic E-state index is 13.3. The van der Waals surface area contributed by atoms with Crippen molar-refractivity contribution < 1.29 is 4.79 Å². The van der Waals surface area contributed by atoms with Gasteiger partial charge in [0.1, 0.15) is 16.9 Å². The highest BCUT2D eigenvalue weighted by atomic mass is 16.1. The second-order valence-corrected chi connectivity index (χ2v) is 8.47. The minimum atomic E-state index is -0.206. The van der Waals surface area contributed by atoms with E-state index in [0.29, 0.717) is 29.1 Å². The summed E-state index contributed by atoms with van der Waals surface area (Å²) in [6, 6.07) is 16.2. The van der Waals surface area contributed by atoms with Gasteiger partial charge in [0.2, 0.25) is 0 Å². The van der Waals surface area contributed by atoms with Crippen LogP contribution in [0.1, 0.15) is 59.6 Å². The van der Waals surface area contributed by atoms with Gasteiger partial charge < -0.3 is 15.6 Å². The van der Waals surface area contributed by atoms with E-state index in [-0.39, 0.29) is 11.9 Å². The molecule has 0 radical (unpaired) electrons. The minimum absolute atomic E-state index is 0.206. The summed E-state index contributed by atoms with van der Waals surface area (Å²) in [6.45, 7) is 2.49. The first-order valence-electron chi connectivity index (χ1n) is 11.0. The van der Waals surface area contributed by atoms with Crippen molar-refractivity contribution in [1.29, 1.82) is 0 Å². The van der Waals surface area contributed by atoms with E-state index < -0.39 is 0 Å². The summed E-state index contributed by atoms with van der Waals surface area (Å²) in [6.07, 6.45) is 5.67. The van der Waals surface area contributed by atoms with Crippen molar-refractivity contribution >= 4 is 33.9 Å². The van der Waals surface area contributed by atoms with E-state index in [0.717, 1.165) is 29.4 Å². The van der Waals surface area contributed by atoms with Crippen molar-refractivity contribution in [2.24, 2.45) is 0 Å². The molecule has 1 saturated carbocycles. The van der Waals surface area contributed by atoms with Crippen LogP contribution in [0.3, 0.4) is 0 Å². The molecule has 0 unspecified atom stereocenters. The summed E-state index contributed by atoms with van der Waals surface area (Å²) in [5, 5.41) is 3.03. The summed E-state index contributed by atoms with van der Waals surface area (Å²) < 4.78 is 2.06. The molecule has 1 aliphatic carbocycles. The van der Waals surface area contributed by atoms with Gasteiger partial charge in [-0.25, -0.2) is 9.97 Å². The molecule has 6 heteroatoms. The molecule has 4 aromatic rings. The number of aryl methyl sites for hydroxylation is 1. The van der Waals surface area contributed by atoms with Crippen molar-refractivity contribution in [3.63, 3.8) is 0 Å². The fourth-order valence-electron chi connectivity index (χ4n) is 4.59. The number of carbonyl (C=O) groups is 1. The zero-order valence-electron chi connectivity index (χ0n) is 17.8. The van der Waals surface area contributed by atoms with Crippen molar-refractivity contribution in [3.8, 4) is 0 Å². The third-order valence-corrected chi connectivity index (χ3v) is 6.27. The summed E-state index contributed by atoms with van der Waals surface area (Å²) in [5.74, 6) is 0.265. The fraction of sp³-hybridized carbons (Fsp3) is 0.320. The monoisotopic (exact) mass is 413 g/mol. The van der Waals surface area contributed by atoms with Gasteiger partial charge in [-0.05, 0) is 37.5 Å². The molecule has 5 rings (SSSR count). The lowest BCUT2D eigenvalue weighted by molar-refractivity contribution is 0.0953. The van der Waals surface area contributed by atoms with Gasteiger partial charge in [-0.3, -0.25) is 4.79 Å². The number of rotatable bonds is 4. The lowest BCUT2D eigenvalue weighted by Crippen LogP contribution is -2.24. The Morgan fingerprint density at radius 1 is 1.03 bits per heavy atom. The number of benzene rings is 2. The Hall–Kier alpha value is -3.41. The number of hydrogen-bond donors (Lipinski definition) is 2. The number of fused-ring (bicyclic) bond motifs is 2. The lowest BCUT2D eigenvalue weighted by atomic mass is 9.95. The normalized spacial score (nSPS) is 14.9. The molecule has 6 nitrogen and oxygen atoms in total. The highest BCUT2D eigenvalue weighted by Gasteiger charge is 2.28. The molecule has 0 saturated heterocycles. The molecule has 31 heavy (non-hydrogen) atoms. The van der Waals surface area contributed by atoms with Gasteiger partial charge in [-0.15, -0.1) is 0 Å². The number of nitrogen functional groups attached to an aromatic ring is 1. The maximum atomic E-state index is 13.3. The van der Waals surface area contributed by atoms with Crippen LogP contribution < -0.4 is 11.1 Å². The maximum Gasteiger partial charge on any atom is 0.257 e. The minimum Gasteiger partial charge on any atom is -0.384 e. The first-order valence-corrected chi connectivity index (χ1v) is 11.0. The summed E-state index contributed by atoms with van der Waals surface area (Å²) in [4.78, 5) is 23.0. The highest BCUT2D eigenvalue weighted by Crippen LogP contribution is 2.37. The average molecular weight is 414 g/mol. The number of nitrogens with two attached hydrogens (primary N) is 1. The number of aromatic nitrogens is 3. The van der Waals surface area contributed by atoms with Crippen molar-refractivity contribution in [3.05, 3.63) is 65.2 Å². The van der Waals surface area contributed by atoms with E-state index in [2.05, 4.69) is 9.88 Å². The second-order valence-electron chi connectivity index (χ2n) is 8.47. The van der Waals surface area contributed by atoms with E-state index in [1.165, 1.54) is 24.8 Å². The van der Waals surface area contributed by atoms with Crippen molar-refractivity contribution in [2.75, 3.05) is 5.73 Å². The Morgan fingerprint density at radius 3 is 2.42 bits per heavy atom. The quantitative estimate of drug-likeness (QED) is 0.498. The van der Waals surface area contributed by atoms with Crippen LogP contribution in [0.2, 0.25) is 0 Å². The predicted molar refractivity (Wildman–Crippen MR) is 124 cm³/mol. The number of nitrogens with zero attached hydrogens (tertiary/aromatic N) is 3. The largest absolute Gasteiger partial charge is 0.384 e. The Labute approximate surface area is 181 Å². The van der Waals surface area contributed by atoms with Crippen LogP contribution in [0.15, 0.2) is 48.5 Å². The second kappa shape index (κ2) is 8.02. The molecular weight excluding hydrogens is 386 g/mol. The van der Waals surface area contributed by atoms with Gasteiger partial charge >= 0.3 is 0 Å². The molecule has 1 fully saturated rings. The Kier molecular flexibility index (Phi) is 5.06. The molecule has 0 aliphatic heterocycles. The van der Waals surface area contributed by atoms with Crippen molar-refractivity contribution in [2.45, 2.75) is 51.6 Å². The van der Waals surface area contributed by atoms with Crippen molar-refractivity contribution in [1.82, 2.24) is 19.9 Å². The van der Waals surface area contributed by atoms with E-state index in [4.69, 9.17) is 15.7 Å². The molecule has 1 aliphatic rings. The Morgan fingerprint density at radius 2 is 1.71 bits per heavy atom. The van der Waals surface area contributed by atoms with Gasteiger partial charge in [0.15, 0.2) is 5.65 Å². The van der Waals surface area contributed by atoms with E-state index in [1.807, 2.05) is 55.5 Å². The first kappa shape index (κ1) is 19.5. The smallest absolute Gasteiger partial charge is 0.257 e. The van der Waals surface area contributed by atoms with Crippen LogP contribution in [0.25, 0.3) is 22.2 Å².